The Morgan fingerprint density at radius 3 is 2.22 bits per heavy atom. The molecule has 3 amide bonds. The van der Waals surface area contributed by atoms with Gasteiger partial charge in [-0.05, 0) is 56.1 Å². The summed E-state index contributed by atoms with van der Waals surface area (Å²) < 4.78 is 0. The number of hydrogen-bond donors (Lipinski definition) is 2. The fourth-order valence-electron chi connectivity index (χ4n) is 4.34. The standard InChI is InChI=1S/C26H41N3O3/c1-4-17-29(18-5-2)26(32)23(28-25(31)22-9-7-6-8-10-22)15-16-24(30)27-19-21-13-11-20(3)12-14-21/h6-10,20-21,23H,4-5,11-19H2,1-3H3,(H,27,30)(H,28,31). The maximum absolute atomic E-state index is 13.2. The lowest BCUT2D eigenvalue weighted by atomic mass is 9.83. The van der Waals surface area contributed by atoms with Crippen molar-refractivity contribution in [2.24, 2.45) is 11.8 Å². The van der Waals surface area contributed by atoms with Crippen LogP contribution in [0.1, 0.15) is 82.5 Å². The number of carbonyl (C=O) groups is 3. The molecule has 0 bridgehead atoms. The summed E-state index contributed by atoms with van der Waals surface area (Å²) >= 11 is 0. The third kappa shape index (κ3) is 8.64. The van der Waals surface area contributed by atoms with Gasteiger partial charge in [0.2, 0.25) is 11.8 Å². The number of nitrogens with one attached hydrogen (secondary N) is 2. The molecule has 0 heterocycles. The number of benzene rings is 1. The number of hydrogen-bond acceptors (Lipinski definition) is 3. The highest BCUT2D eigenvalue weighted by Crippen LogP contribution is 2.27. The first-order valence-corrected chi connectivity index (χ1v) is 12.4. The van der Waals surface area contributed by atoms with Crippen LogP contribution in [0.4, 0.5) is 0 Å². The summed E-state index contributed by atoms with van der Waals surface area (Å²) in [5.74, 6) is 0.902. The first-order valence-electron chi connectivity index (χ1n) is 12.4. The quantitative estimate of drug-likeness (QED) is 0.509. The monoisotopic (exact) mass is 443 g/mol. The van der Waals surface area contributed by atoms with Gasteiger partial charge in [0.05, 0.1) is 0 Å². The molecule has 0 aliphatic heterocycles. The lowest BCUT2D eigenvalue weighted by Gasteiger charge is -2.28. The first-order chi connectivity index (χ1) is 15.4. The molecule has 6 heteroatoms. The van der Waals surface area contributed by atoms with Crippen LogP contribution >= 0.6 is 0 Å². The first kappa shape index (κ1) is 25.9. The molecule has 1 aromatic carbocycles. The summed E-state index contributed by atoms with van der Waals surface area (Å²) in [5, 5.41) is 5.94. The average Bonchev–Trinajstić information content (AvgIpc) is 2.81. The Balaban J connectivity index is 1.95. The minimum atomic E-state index is -0.706. The van der Waals surface area contributed by atoms with Crippen LogP contribution in [0.2, 0.25) is 0 Å². The zero-order valence-corrected chi connectivity index (χ0v) is 20.1. The fraction of sp³-hybridized carbons (Fsp3) is 0.654. The van der Waals surface area contributed by atoms with E-state index in [9.17, 15) is 14.4 Å². The SMILES string of the molecule is CCCN(CCC)C(=O)C(CCC(=O)NCC1CCC(C)CC1)NC(=O)c1ccccc1. The van der Waals surface area contributed by atoms with Gasteiger partial charge in [-0.1, -0.05) is 51.8 Å². The molecule has 1 aliphatic rings. The van der Waals surface area contributed by atoms with Gasteiger partial charge < -0.3 is 15.5 Å². The summed E-state index contributed by atoms with van der Waals surface area (Å²) in [6.45, 7) is 8.36. The highest BCUT2D eigenvalue weighted by Gasteiger charge is 2.26. The summed E-state index contributed by atoms with van der Waals surface area (Å²) in [5.41, 5.74) is 0.513. The van der Waals surface area contributed by atoms with Crippen LogP contribution in [0, 0.1) is 11.8 Å². The van der Waals surface area contributed by atoms with E-state index in [1.54, 1.807) is 29.2 Å². The molecule has 0 spiro atoms. The van der Waals surface area contributed by atoms with Crippen LogP contribution in [0.25, 0.3) is 0 Å². The fourth-order valence-corrected chi connectivity index (χ4v) is 4.34. The molecule has 2 rings (SSSR count). The molecular weight excluding hydrogens is 402 g/mol. The predicted molar refractivity (Wildman–Crippen MR) is 128 cm³/mol. The minimum Gasteiger partial charge on any atom is -0.356 e. The van der Waals surface area contributed by atoms with Gasteiger partial charge in [-0.15, -0.1) is 0 Å². The van der Waals surface area contributed by atoms with Crippen molar-refractivity contribution in [1.82, 2.24) is 15.5 Å². The normalized spacial score (nSPS) is 19.1. The molecule has 6 nitrogen and oxygen atoms in total. The summed E-state index contributed by atoms with van der Waals surface area (Å²) in [6, 6.07) is 8.19. The van der Waals surface area contributed by atoms with E-state index < -0.39 is 6.04 Å². The van der Waals surface area contributed by atoms with Crippen LogP contribution in [0.5, 0.6) is 0 Å². The number of nitrogens with zero attached hydrogens (tertiary/aromatic N) is 1. The molecule has 0 saturated heterocycles. The zero-order valence-electron chi connectivity index (χ0n) is 20.1. The minimum absolute atomic E-state index is 0.0482. The van der Waals surface area contributed by atoms with Crippen molar-refractivity contribution in [3.05, 3.63) is 35.9 Å². The van der Waals surface area contributed by atoms with E-state index >= 15 is 0 Å². The Bertz CT molecular complexity index is 708. The Hall–Kier alpha value is -2.37. The molecule has 1 aliphatic carbocycles. The summed E-state index contributed by atoms with van der Waals surface area (Å²) in [6.07, 6.45) is 7.02. The van der Waals surface area contributed by atoms with Crippen LogP contribution < -0.4 is 10.6 Å². The molecule has 1 fully saturated rings. The predicted octanol–water partition coefficient (Wildman–Crippen LogP) is 4.16. The molecule has 2 N–H and O–H groups in total. The average molecular weight is 444 g/mol. The van der Waals surface area contributed by atoms with Gasteiger partial charge >= 0.3 is 0 Å². The molecule has 1 saturated carbocycles. The van der Waals surface area contributed by atoms with Crippen molar-refractivity contribution in [2.75, 3.05) is 19.6 Å². The van der Waals surface area contributed by atoms with E-state index in [-0.39, 0.29) is 24.1 Å². The Labute approximate surface area is 193 Å². The molecule has 0 aromatic heterocycles. The van der Waals surface area contributed by atoms with Crippen LogP contribution in [-0.2, 0) is 9.59 Å². The topological polar surface area (TPSA) is 78.5 Å². The molecule has 32 heavy (non-hydrogen) atoms. The highest BCUT2D eigenvalue weighted by atomic mass is 16.2. The number of amides is 3. The van der Waals surface area contributed by atoms with Crippen molar-refractivity contribution in [2.45, 2.75) is 78.2 Å². The second-order valence-corrected chi connectivity index (χ2v) is 9.19. The van der Waals surface area contributed by atoms with Gasteiger partial charge in [0, 0.05) is 31.6 Å². The van der Waals surface area contributed by atoms with Crippen LogP contribution in [0.15, 0.2) is 30.3 Å². The Morgan fingerprint density at radius 2 is 1.62 bits per heavy atom. The van der Waals surface area contributed by atoms with Gasteiger partial charge in [0.15, 0.2) is 0 Å². The van der Waals surface area contributed by atoms with E-state index in [1.165, 1.54) is 25.7 Å². The van der Waals surface area contributed by atoms with Gasteiger partial charge in [0.25, 0.3) is 5.91 Å². The zero-order chi connectivity index (χ0) is 23.3. The van der Waals surface area contributed by atoms with Crippen molar-refractivity contribution in [3.8, 4) is 0 Å². The van der Waals surface area contributed by atoms with Crippen molar-refractivity contribution < 1.29 is 14.4 Å². The van der Waals surface area contributed by atoms with E-state index in [2.05, 4.69) is 17.6 Å². The lowest BCUT2D eigenvalue weighted by Crippen LogP contribution is -2.49. The maximum Gasteiger partial charge on any atom is 0.251 e. The van der Waals surface area contributed by atoms with Crippen molar-refractivity contribution in [3.63, 3.8) is 0 Å². The molecule has 1 aromatic rings. The van der Waals surface area contributed by atoms with Crippen LogP contribution in [0.3, 0.4) is 0 Å². The highest BCUT2D eigenvalue weighted by molar-refractivity contribution is 5.97. The van der Waals surface area contributed by atoms with E-state index in [4.69, 9.17) is 0 Å². The van der Waals surface area contributed by atoms with E-state index in [0.717, 1.165) is 18.8 Å². The third-order valence-corrected chi connectivity index (χ3v) is 6.32. The van der Waals surface area contributed by atoms with Gasteiger partial charge in [-0.3, -0.25) is 14.4 Å². The molecular formula is C26H41N3O3. The number of carbonyl (C=O) groups excluding carboxylic acids is 3. The largest absolute Gasteiger partial charge is 0.356 e. The Kier molecular flexibility index (Phi) is 11.3. The van der Waals surface area contributed by atoms with Gasteiger partial charge in [-0.25, -0.2) is 0 Å². The van der Waals surface area contributed by atoms with Crippen molar-refractivity contribution >= 4 is 17.7 Å². The third-order valence-electron chi connectivity index (χ3n) is 6.32. The summed E-state index contributed by atoms with van der Waals surface area (Å²) in [7, 11) is 0. The van der Waals surface area contributed by atoms with Crippen LogP contribution in [-0.4, -0.2) is 48.3 Å². The molecule has 1 atom stereocenters. The second kappa shape index (κ2) is 13.9. The maximum atomic E-state index is 13.2. The van der Waals surface area contributed by atoms with Crippen molar-refractivity contribution in [1.29, 1.82) is 0 Å². The van der Waals surface area contributed by atoms with Gasteiger partial charge in [0.1, 0.15) is 6.04 Å². The molecule has 178 valence electrons. The smallest absolute Gasteiger partial charge is 0.251 e. The Morgan fingerprint density at radius 1 is 1.00 bits per heavy atom. The van der Waals surface area contributed by atoms with Gasteiger partial charge in [-0.2, -0.15) is 0 Å². The molecule has 1 unspecified atom stereocenters. The number of rotatable bonds is 12. The lowest BCUT2D eigenvalue weighted by molar-refractivity contribution is -0.133. The van der Waals surface area contributed by atoms with E-state index in [1.807, 2.05) is 19.9 Å². The summed E-state index contributed by atoms with van der Waals surface area (Å²) in [4.78, 5) is 40.2. The van der Waals surface area contributed by atoms with E-state index in [0.29, 0.717) is 37.5 Å². The second-order valence-electron chi connectivity index (χ2n) is 9.19. The molecule has 0 radical (unpaired) electrons.